The summed E-state index contributed by atoms with van der Waals surface area (Å²) in [6, 6.07) is 1.74. The Bertz CT molecular complexity index is 754. The lowest BCUT2D eigenvalue weighted by atomic mass is 10.1. The Morgan fingerprint density at radius 2 is 1.91 bits per heavy atom. The lowest BCUT2D eigenvalue weighted by Gasteiger charge is -2.24. The maximum atomic E-state index is 12.1. The summed E-state index contributed by atoms with van der Waals surface area (Å²) in [6.45, 7) is 11.0. The summed E-state index contributed by atoms with van der Waals surface area (Å²) in [5, 5.41) is 13.1. The van der Waals surface area contributed by atoms with Crippen molar-refractivity contribution in [2.45, 2.75) is 59.1 Å². The lowest BCUT2D eigenvalue weighted by Crippen LogP contribution is -2.30. The molecular formula is C16H23ClN4O2. The van der Waals surface area contributed by atoms with E-state index in [1.165, 1.54) is 0 Å². The largest absolute Gasteiger partial charge is 0.390 e. The van der Waals surface area contributed by atoms with Crippen LogP contribution in [0.4, 0.5) is 5.95 Å². The van der Waals surface area contributed by atoms with Crippen LogP contribution in [0, 0.1) is 6.92 Å². The average molecular weight is 339 g/mol. The van der Waals surface area contributed by atoms with Crippen LogP contribution in [0.3, 0.4) is 0 Å². The quantitative estimate of drug-likeness (QED) is 0.900. The first-order valence-electron chi connectivity index (χ1n) is 7.47. The van der Waals surface area contributed by atoms with Crippen LogP contribution in [-0.4, -0.2) is 31.1 Å². The lowest BCUT2D eigenvalue weighted by molar-refractivity contribution is -0.119. The molecule has 0 saturated carbocycles. The zero-order chi connectivity index (χ0) is 17.6. The molecule has 0 aliphatic heterocycles. The number of imidazole rings is 1. The molecule has 0 spiro atoms. The number of aromatic nitrogens is 3. The molecule has 0 aromatic carbocycles. The molecule has 0 saturated heterocycles. The number of aryl methyl sites for hydroxylation is 1. The maximum Gasteiger partial charge on any atom is 0.229 e. The number of carbonyl (C=O) groups is 1. The van der Waals surface area contributed by atoms with Gasteiger partial charge in [-0.1, -0.05) is 11.6 Å². The number of nitrogens with one attached hydrogen (secondary N) is 1. The average Bonchev–Trinajstić information content (AvgIpc) is 2.63. The van der Waals surface area contributed by atoms with Crippen LogP contribution in [0.25, 0.3) is 11.2 Å². The van der Waals surface area contributed by atoms with Crippen molar-refractivity contribution in [2.24, 2.45) is 0 Å². The minimum Gasteiger partial charge on any atom is -0.390 e. The number of pyridine rings is 1. The number of fused-ring (bicyclic) bond motifs is 1. The van der Waals surface area contributed by atoms with Crippen molar-refractivity contribution in [3.8, 4) is 0 Å². The van der Waals surface area contributed by atoms with Gasteiger partial charge in [0.15, 0.2) is 5.65 Å². The van der Waals surface area contributed by atoms with Gasteiger partial charge in [0.1, 0.15) is 5.52 Å². The summed E-state index contributed by atoms with van der Waals surface area (Å²) in [5.41, 5.74) is 0.575. The summed E-state index contributed by atoms with van der Waals surface area (Å²) < 4.78 is 1.87. The summed E-state index contributed by atoms with van der Waals surface area (Å²) >= 11 is 6.12. The normalized spacial score (nSPS) is 12.7. The second-order valence-electron chi connectivity index (χ2n) is 7.38. The highest BCUT2D eigenvalue weighted by Gasteiger charge is 2.26. The topological polar surface area (TPSA) is 80.0 Å². The molecule has 23 heavy (non-hydrogen) atoms. The van der Waals surface area contributed by atoms with E-state index in [0.717, 1.165) is 0 Å². The van der Waals surface area contributed by atoms with Crippen LogP contribution in [0.5, 0.6) is 0 Å². The molecule has 0 radical (unpaired) electrons. The smallest absolute Gasteiger partial charge is 0.229 e. The molecule has 2 aromatic heterocycles. The minimum atomic E-state index is -1.08. The molecule has 2 heterocycles. The van der Waals surface area contributed by atoms with Gasteiger partial charge in [-0.2, -0.15) is 0 Å². The van der Waals surface area contributed by atoms with Crippen LogP contribution < -0.4 is 5.32 Å². The Morgan fingerprint density at radius 1 is 1.30 bits per heavy atom. The van der Waals surface area contributed by atoms with Crippen molar-refractivity contribution >= 4 is 34.6 Å². The van der Waals surface area contributed by atoms with Gasteiger partial charge < -0.3 is 5.11 Å². The Labute approximate surface area is 140 Å². The summed E-state index contributed by atoms with van der Waals surface area (Å²) in [4.78, 5) is 21.1. The van der Waals surface area contributed by atoms with Crippen molar-refractivity contribution < 1.29 is 9.90 Å². The van der Waals surface area contributed by atoms with E-state index in [-0.39, 0.29) is 17.9 Å². The Kier molecular flexibility index (Phi) is 4.43. The first kappa shape index (κ1) is 17.7. The fourth-order valence-electron chi connectivity index (χ4n) is 2.35. The number of nitrogens with zero attached hydrogens (tertiary/aromatic N) is 3. The number of aliphatic hydroxyl groups is 1. The molecule has 6 nitrogen and oxygen atoms in total. The third kappa shape index (κ3) is 4.00. The molecule has 2 rings (SSSR count). The van der Waals surface area contributed by atoms with Crippen LogP contribution in [0.15, 0.2) is 6.07 Å². The highest BCUT2D eigenvalue weighted by Crippen LogP contribution is 2.29. The Morgan fingerprint density at radius 3 is 2.43 bits per heavy atom. The summed E-state index contributed by atoms with van der Waals surface area (Å²) in [7, 11) is 0. The molecule has 0 aliphatic rings. The molecule has 0 fully saturated rings. The maximum absolute atomic E-state index is 12.1. The number of carbonyl (C=O) groups excluding carboxylic acids is 1. The summed E-state index contributed by atoms with van der Waals surface area (Å²) in [5.74, 6) is 0.0945. The molecular weight excluding hydrogens is 316 g/mol. The second-order valence-corrected chi connectivity index (χ2v) is 7.78. The monoisotopic (exact) mass is 338 g/mol. The molecule has 7 heteroatoms. The predicted octanol–water partition coefficient (Wildman–Crippen LogP) is 3.25. The number of amides is 1. The number of hydrogen-bond donors (Lipinski definition) is 2. The molecule has 2 N–H and O–H groups in total. The van der Waals surface area contributed by atoms with Gasteiger partial charge in [0.25, 0.3) is 0 Å². The van der Waals surface area contributed by atoms with E-state index in [4.69, 9.17) is 11.6 Å². The second kappa shape index (κ2) is 5.76. The number of halogens is 1. The molecule has 2 aromatic rings. The first-order chi connectivity index (χ1) is 10.4. The minimum absolute atomic E-state index is 0.0203. The molecule has 1 amide bonds. The zero-order valence-corrected chi connectivity index (χ0v) is 15.1. The van der Waals surface area contributed by atoms with Crippen molar-refractivity contribution in [2.75, 3.05) is 5.32 Å². The predicted molar refractivity (Wildman–Crippen MR) is 91.8 cm³/mol. The molecule has 126 valence electrons. The highest BCUT2D eigenvalue weighted by atomic mass is 35.5. The van der Waals surface area contributed by atoms with Gasteiger partial charge in [-0.3, -0.25) is 14.7 Å². The van der Waals surface area contributed by atoms with Crippen LogP contribution in [0.1, 0.15) is 46.7 Å². The van der Waals surface area contributed by atoms with Gasteiger partial charge in [-0.25, -0.2) is 9.97 Å². The van der Waals surface area contributed by atoms with Gasteiger partial charge in [0, 0.05) is 5.54 Å². The van der Waals surface area contributed by atoms with Gasteiger partial charge in [-0.15, -0.1) is 0 Å². The molecule has 0 atom stereocenters. The van der Waals surface area contributed by atoms with E-state index in [9.17, 15) is 9.90 Å². The number of hydrogen-bond acceptors (Lipinski definition) is 4. The highest BCUT2D eigenvalue weighted by molar-refractivity contribution is 6.31. The van der Waals surface area contributed by atoms with Crippen molar-refractivity contribution in [1.82, 2.24) is 14.5 Å². The van der Waals surface area contributed by atoms with Gasteiger partial charge in [0.05, 0.1) is 22.7 Å². The van der Waals surface area contributed by atoms with Crippen LogP contribution in [-0.2, 0) is 10.3 Å². The SMILES string of the molecule is Cc1nc2c(cc1Cl)nc(NC(=O)CC(C)(C)O)n2C(C)(C)C. The Hall–Kier alpha value is -1.66. The molecule has 0 unspecified atom stereocenters. The summed E-state index contributed by atoms with van der Waals surface area (Å²) in [6.07, 6.45) is -0.0203. The van der Waals surface area contributed by atoms with E-state index < -0.39 is 5.60 Å². The molecule has 0 bridgehead atoms. The van der Waals surface area contributed by atoms with E-state index in [0.29, 0.717) is 27.8 Å². The standard InChI is InChI=1S/C16H23ClN4O2/c1-9-10(17)7-11-13(18-9)21(15(2,3)4)14(19-11)20-12(22)8-16(5,6)23/h7,23H,8H2,1-6H3,(H,19,20,22). The third-order valence-corrected chi connectivity index (χ3v) is 3.66. The number of rotatable bonds is 3. The zero-order valence-electron chi connectivity index (χ0n) is 14.4. The fraction of sp³-hybridized carbons (Fsp3) is 0.562. The van der Waals surface area contributed by atoms with Crippen molar-refractivity contribution in [1.29, 1.82) is 0 Å². The Balaban J connectivity index is 2.53. The van der Waals surface area contributed by atoms with Crippen molar-refractivity contribution in [3.05, 3.63) is 16.8 Å². The van der Waals surface area contributed by atoms with Gasteiger partial charge >= 0.3 is 0 Å². The van der Waals surface area contributed by atoms with Gasteiger partial charge in [0.2, 0.25) is 11.9 Å². The first-order valence-corrected chi connectivity index (χ1v) is 7.84. The fourth-order valence-corrected chi connectivity index (χ4v) is 2.50. The van der Waals surface area contributed by atoms with Crippen LogP contribution in [0.2, 0.25) is 5.02 Å². The third-order valence-electron chi connectivity index (χ3n) is 3.28. The number of anilines is 1. The van der Waals surface area contributed by atoms with Crippen molar-refractivity contribution in [3.63, 3.8) is 0 Å². The van der Waals surface area contributed by atoms with E-state index in [1.54, 1.807) is 19.9 Å². The van der Waals surface area contributed by atoms with Gasteiger partial charge in [-0.05, 0) is 47.6 Å². The molecule has 0 aliphatic carbocycles. The van der Waals surface area contributed by atoms with E-state index in [2.05, 4.69) is 15.3 Å². The van der Waals surface area contributed by atoms with Crippen LogP contribution >= 0.6 is 11.6 Å². The van der Waals surface area contributed by atoms with E-state index >= 15 is 0 Å². The van der Waals surface area contributed by atoms with E-state index in [1.807, 2.05) is 32.3 Å².